The number of hydrogen-bond acceptors (Lipinski definition) is 4. The van der Waals surface area contributed by atoms with Crippen LogP contribution in [-0.2, 0) is 0 Å². The van der Waals surface area contributed by atoms with Crippen LogP contribution in [0.1, 0.15) is 0 Å². The van der Waals surface area contributed by atoms with Gasteiger partial charge in [0, 0.05) is 53.2 Å². The Labute approximate surface area is 327 Å². The van der Waals surface area contributed by atoms with E-state index >= 15 is 0 Å². The molecule has 0 aliphatic rings. The van der Waals surface area contributed by atoms with Crippen LogP contribution in [0.3, 0.4) is 0 Å². The first-order valence-electron chi connectivity index (χ1n) is 18.8. The van der Waals surface area contributed by atoms with E-state index in [1.165, 1.54) is 36.9 Å². The lowest BCUT2D eigenvalue weighted by Crippen LogP contribution is -1.96. The molecule has 0 N–H and O–H groups in total. The van der Waals surface area contributed by atoms with Gasteiger partial charge in [0.25, 0.3) is 0 Å². The summed E-state index contributed by atoms with van der Waals surface area (Å²) >= 11 is 1.84. The van der Waals surface area contributed by atoms with Crippen LogP contribution in [0, 0.1) is 0 Å². The lowest BCUT2D eigenvalue weighted by atomic mass is 9.93. The van der Waals surface area contributed by atoms with Gasteiger partial charge < -0.3 is 4.42 Å². The summed E-state index contributed by atoms with van der Waals surface area (Å²) in [4.78, 5) is 10.2. The molecule has 0 aliphatic heterocycles. The highest BCUT2D eigenvalue weighted by atomic mass is 32.1. The number of nitrogens with zero attached hydrogens (tertiary/aromatic N) is 2. The summed E-state index contributed by atoms with van der Waals surface area (Å²) in [5.74, 6) is 0.681. The molecule has 0 radical (unpaired) electrons. The van der Waals surface area contributed by atoms with Gasteiger partial charge in [-0.1, -0.05) is 158 Å². The van der Waals surface area contributed by atoms with Crippen molar-refractivity contribution in [3.05, 3.63) is 194 Å². The van der Waals surface area contributed by atoms with Gasteiger partial charge >= 0.3 is 0 Å². The van der Waals surface area contributed by atoms with Crippen molar-refractivity contribution in [2.24, 2.45) is 0 Å². The Bertz CT molecular complexity index is 3220. The van der Waals surface area contributed by atoms with Gasteiger partial charge in [0.1, 0.15) is 11.2 Å². The Hall–Kier alpha value is -7.14. The van der Waals surface area contributed by atoms with Gasteiger partial charge in [-0.25, -0.2) is 9.97 Å². The molecule has 3 heterocycles. The SMILES string of the molecule is c1ccc(-c2ccc(-c3cc(-c4ccccc4)nc(-c4ccc(-c5ccc(-c6ccc7sc8ccccc8c7c6)c6c5oc5ccccc56)cc4)n3)cc2)cc1. The molecule has 0 amide bonds. The van der Waals surface area contributed by atoms with E-state index in [1.54, 1.807) is 0 Å². The van der Waals surface area contributed by atoms with Gasteiger partial charge in [0.15, 0.2) is 5.82 Å². The first kappa shape index (κ1) is 32.3. The molecule has 3 aromatic heterocycles. The van der Waals surface area contributed by atoms with E-state index in [1.807, 2.05) is 41.7 Å². The van der Waals surface area contributed by atoms with Crippen molar-refractivity contribution in [1.29, 1.82) is 0 Å². The van der Waals surface area contributed by atoms with Gasteiger partial charge in [-0.3, -0.25) is 0 Å². The Kier molecular flexibility index (Phi) is 7.68. The number of fused-ring (bicyclic) bond motifs is 6. The number of thiophene rings is 1. The predicted molar refractivity (Wildman–Crippen MR) is 235 cm³/mol. The lowest BCUT2D eigenvalue weighted by molar-refractivity contribution is 0.670. The highest BCUT2D eigenvalue weighted by Gasteiger charge is 2.19. The summed E-state index contributed by atoms with van der Waals surface area (Å²) in [5.41, 5.74) is 13.4. The van der Waals surface area contributed by atoms with Crippen molar-refractivity contribution in [3.8, 4) is 67.3 Å². The second-order valence-corrected chi connectivity index (χ2v) is 15.2. The molecule has 0 fully saturated rings. The third-order valence-electron chi connectivity index (χ3n) is 10.8. The van der Waals surface area contributed by atoms with Gasteiger partial charge in [-0.15, -0.1) is 11.3 Å². The van der Waals surface area contributed by atoms with Gasteiger partial charge in [0.2, 0.25) is 0 Å². The van der Waals surface area contributed by atoms with Gasteiger partial charge in [-0.2, -0.15) is 0 Å². The number of benzene rings is 8. The Morgan fingerprint density at radius 1 is 0.357 bits per heavy atom. The minimum Gasteiger partial charge on any atom is -0.455 e. The molecule has 0 saturated carbocycles. The minimum absolute atomic E-state index is 0.681. The molecule has 262 valence electrons. The number of hydrogen-bond donors (Lipinski definition) is 0. The fraction of sp³-hybridized carbons (Fsp3) is 0. The summed E-state index contributed by atoms with van der Waals surface area (Å²) in [5, 5.41) is 4.82. The van der Waals surface area contributed by atoms with Crippen LogP contribution in [0.4, 0.5) is 0 Å². The minimum atomic E-state index is 0.681. The maximum absolute atomic E-state index is 6.70. The van der Waals surface area contributed by atoms with E-state index in [9.17, 15) is 0 Å². The highest BCUT2D eigenvalue weighted by molar-refractivity contribution is 7.25. The number of aromatic nitrogens is 2. The van der Waals surface area contributed by atoms with Crippen LogP contribution >= 0.6 is 11.3 Å². The third-order valence-corrected chi connectivity index (χ3v) is 11.9. The standard InChI is InChI=1S/C52H32N2OS/c1-3-11-33(12-4-1)34-19-23-37(24-20-34)46-32-45(36-13-5-2-6-14-36)53-52(54-46)38-25-21-35(22-26-38)41-29-28-40(50-43-16-7-9-17-47(43)55-51(41)50)39-27-30-49-44(31-39)42-15-8-10-18-48(42)56-49/h1-32H. The van der Waals surface area contributed by atoms with Crippen molar-refractivity contribution < 1.29 is 4.42 Å². The predicted octanol–water partition coefficient (Wildman–Crippen LogP) is 14.7. The van der Waals surface area contributed by atoms with Gasteiger partial charge in [0.05, 0.1) is 11.4 Å². The molecule has 11 aromatic rings. The summed E-state index contributed by atoms with van der Waals surface area (Å²) in [7, 11) is 0. The average Bonchev–Trinajstić information content (AvgIpc) is 3.85. The molecule has 0 aliphatic carbocycles. The van der Waals surface area contributed by atoms with Crippen LogP contribution in [0.5, 0.6) is 0 Å². The topological polar surface area (TPSA) is 38.9 Å². The Balaban J connectivity index is 1.00. The van der Waals surface area contributed by atoms with Crippen molar-refractivity contribution in [2.45, 2.75) is 0 Å². The second-order valence-electron chi connectivity index (χ2n) is 14.1. The second kappa shape index (κ2) is 13.3. The zero-order chi connectivity index (χ0) is 37.0. The van der Waals surface area contributed by atoms with E-state index in [-0.39, 0.29) is 0 Å². The summed E-state index contributed by atoms with van der Waals surface area (Å²) in [6.45, 7) is 0. The maximum Gasteiger partial charge on any atom is 0.160 e. The first-order chi connectivity index (χ1) is 27.7. The van der Waals surface area contributed by atoms with Crippen LogP contribution in [0.25, 0.3) is 109 Å². The fourth-order valence-corrected chi connectivity index (χ4v) is 9.02. The zero-order valence-electron chi connectivity index (χ0n) is 30.2. The third kappa shape index (κ3) is 5.58. The summed E-state index contributed by atoms with van der Waals surface area (Å²) in [6, 6.07) is 68.4. The first-order valence-corrected chi connectivity index (χ1v) is 19.6. The normalized spacial score (nSPS) is 11.6. The summed E-state index contributed by atoms with van der Waals surface area (Å²) in [6.07, 6.45) is 0. The van der Waals surface area contributed by atoms with Crippen LogP contribution in [0.2, 0.25) is 0 Å². The van der Waals surface area contributed by atoms with Crippen LogP contribution < -0.4 is 0 Å². The Morgan fingerprint density at radius 3 is 1.66 bits per heavy atom. The monoisotopic (exact) mass is 732 g/mol. The molecular weight excluding hydrogens is 701 g/mol. The molecular formula is C52H32N2OS. The molecule has 8 aromatic carbocycles. The fourth-order valence-electron chi connectivity index (χ4n) is 7.93. The molecule has 0 spiro atoms. The molecule has 0 saturated heterocycles. The zero-order valence-corrected chi connectivity index (χ0v) is 31.0. The molecule has 11 rings (SSSR count). The molecule has 0 bridgehead atoms. The van der Waals surface area contributed by atoms with Crippen LogP contribution in [-0.4, -0.2) is 9.97 Å². The number of rotatable bonds is 6. The molecule has 56 heavy (non-hydrogen) atoms. The van der Waals surface area contributed by atoms with Crippen molar-refractivity contribution in [1.82, 2.24) is 9.97 Å². The average molecular weight is 733 g/mol. The Morgan fingerprint density at radius 2 is 0.893 bits per heavy atom. The summed E-state index contributed by atoms with van der Waals surface area (Å²) < 4.78 is 9.31. The largest absolute Gasteiger partial charge is 0.455 e. The van der Waals surface area contributed by atoms with Crippen molar-refractivity contribution in [3.63, 3.8) is 0 Å². The molecule has 0 atom stereocenters. The quantitative estimate of drug-likeness (QED) is 0.171. The van der Waals surface area contributed by atoms with E-state index < -0.39 is 0 Å². The molecule has 3 nitrogen and oxygen atoms in total. The van der Waals surface area contributed by atoms with E-state index in [0.29, 0.717) is 5.82 Å². The highest BCUT2D eigenvalue weighted by Crippen LogP contribution is 2.44. The molecule has 0 unspecified atom stereocenters. The lowest BCUT2D eigenvalue weighted by Gasteiger charge is -2.11. The van der Waals surface area contributed by atoms with Crippen LogP contribution in [0.15, 0.2) is 199 Å². The van der Waals surface area contributed by atoms with E-state index in [4.69, 9.17) is 14.4 Å². The van der Waals surface area contributed by atoms with Crippen molar-refractivity contribution in [2.75, 3.05) is 0 Å². The van der Waals surface area contributed by atoms with Gasteiger partial charge in [-0.05, 0) is 64.2 Å². The van der Waals surface area contributed by atoms with E-state index in [0.717, 1.165) is 66.7 Å². The van der Waals surface area contributed by atoms with Crippen molar-refractivity contribution >= 4 is 53.4 Å². The molecule has 4 heteroatoms. The maximum atomic E-state index is 6.70. The number of para-hydroxylation sites is 1. The smallest absolute Gasteiger partial charge is 0.160 e. The number of furan rings is 1. The van der Waals surface area contributed by atoms with E-state index in [2.05, 4.69) is 164 Å².